The molecule has 1 N–H and O–H groups in total. The third-order valence-electron chi connectivity index (χ3n) is 3.07. The van der Waals surface area contributed by atoms with Crippen LogP contribution in [-0.4, -0.2) is 36.2 Å². The van der Waals surface area contributed by atoms with Crippen LogP contribution in [0.5, 0.6) is 5.75 Å². The van der Waals surface area contributed by atoms with Crippen molar-refractivity contribution in [1.82, 2.24) is 0 Å². The highest BCUT2D eigenvalue weighted by Gasteiger charge is 2.14. The fourth-order valence-electron chi connectivity index (χ4n) is 2.10. The van der Waals surface area contributed by atoms with Crippen molar-refractivity contribution < 1.29 is 24.2 Å². The smallest absolute Gasteiger partial charge is 0.303 e. The molecule has 22 heavy (non-hydrogen) atoms. The third-order valence-corrected chi connectivity index (χ3v) is 3.07. The van der Waals surface area contributed by atoms with E-state index >= 15 is 0 Å². The number of Topliss-reactive ketones (excluding diaryl/α,β-unsaturated/α-hetero) is 1. The fraction of sp³-hybridized carbons (Fsp3) is 0.294. The van der Waals surface area contributed by atoms with E-state index in [4.69, 9.17) is 9.47 Å². The number of carbonyl (C=O) groups is 2. The van der Waals surface area contributed by atoms with E-state index in [9.17, 15) is 14.7 Å². The lowest BCUT2D eigenvalue weighted by Crippen LogP contribution is -2.14. The molecule has 0 spiro atoms. The summed E-state index contributed by atoms with van der Waals surface area (Å²) in [6, 6.07) is 10.7. The van der Waals surface area contributed by atoms with Gasteiger partial charge in [-0.15, -0.1) is 0 Å². The van der Waals surface area contributed by atoms with E-state index in [1.165, 1.54) is 6.92 Å². The molecule has 0 heterocycles. The van der Waals surface area contributed by atoms with Crippen LogP contribution in [0.15, 0.2) is 36.4 Å². The van der Waals surface area contributed by atoms with Crippen LogP contribution in [0.4, 0.5) is 0 Å². The lowest BCUT2D eigenvalue weighted by atomic mass is 10.0. The van der Waals surface area contributed by atoms with E-state index in [0.29, 0.717) is 11.3 Å². The lowest BCUT2D eigenvalue weighted by molar-refractivity contribution is -0.139. The average molecular weight is 302 g/mol. The number of ketones is 1. The van der Waals surface area contributed by atoms with Crippen LogP contribution in [0.2, 0.25) is 0 Å². The van der Waals surface area contributed by atoms with Crippen LogP contribution >= 0.6 is 0 Å². The van der Waals surface area contributed by atoms with E-state index in [1.807, 2.05) is 24.3 Å². The van der Waals surface area contributed by atoms with E-state index < -0.39 is 12.1 Å². The van der Waals surface area contributed by atoms with Crippen LogP contribution in [0.3, 0.4) is 0 Å². The quantitative estimate of drug-likeness (QED) is 0.655. The minimum atomic E-state index is -0.580. The first-order chi connectivity index (χ1) is 10.5. The molecule has 5 nitrogen and oxygen atoms in total. The molecule has 116 valence electrons. The first-order valence-corrected chi connectivity index (χ1v) is 6.98. The van der Waals surface area contributed by atoms with Crippen molar-refractivity contribution >= 4 is 22.5 Å². The highest BCUT2D eigenvalue weighted by molar-refractivity contribution is 6.10. The van der Waals surface area contributed by atoms with E-state index in [2.05, 4.69) is 0 Å². The number of rotatable bonds is 6. The number of esters is 1. The van der Waals surface area contributed by atoms with Gasteiger partial charge in [0.05, 0.1) is 6.10 Å². The second-order valence-corrected chi connectivity index (χ2v) is 5.02. The maximum Gasteiger partial charge on any atom is 0.303 e. The van der Waals surface area contributed by atoms with Gasteiger partial charge < -0.3 is 14.6 Å². The van der Waals surface area contributed by atoms with E-state index in [1.54, 1.807) is 19.1 Å². The number of aliphatic hydroxyl groups excluding tert-OH is 1. The van der Waals surface area contributed by atoms with Gasteiger partial charge in [0.2, 0.25) is 5.78 Å². The SMILES string of the molecule is CC(=O)OCC(=O)c1ccc(OCC(C)O)c2ccccc12. The van der Waals surface area contributed by atoms with Gasteiger partial charge in [0.15, 0.2) is 6.61 Å². The maximum absolute atomic E-state index is 12.2. The summed E-state index contributed by atoms with van der Waals surface area (Å²) in [4.78, 5) is 23.0. The molecule has 2 rings (SSSR count). The first kappa shape index (κ1) is 16.0. The molecule has 5 heteroatoms. The molecule has 0 aliphatic carbocycles. The molecule has 0 radical (unpaired) electrons. The highest BCUT2D eigenvalue weighted by Crippen LogP contribution is 2.29. The molecule has 0 saturated carbocycles. The van der Waals surface area contributed by atoms with Crippen LogP contribution in [0.1, 0.15) is 24.2 Å². The summed E-state index contributed by atoms with van der Waals surface area (Å²) in [5, 5.41) is 10.8. The number of ether oxygens (including phenoxy) is 2. The Bertz CT molecular complexity index is 691. The topological polar surface area (TPSA) is 72.8 Å². The summed E-state index contributed by atoms with van der Waals surface area (Å²) < 4.78 is 10.3. The molecular weight excluding hydrogens is 284 g/mol. The van der Waals surface area contributed by atoms with Crippen molar-refractivity contribution in [1.29, 1.82) is 0 Å². The Morgan fingerprint density at radius 1 is 1.14 bits per heavy atom. The highest BCUT2D eigenvalue weighted by atomic mass is 16.5. The zero-order valence-corrected chi connectivity index (χ0v) is 12.5. The van der Waals surface area contributed by atoms with Gasteiger partial charge in [0, 0.05) is 17.9 Å². The Labute approximate surface area is 128 Å². The number of benzene rings is 2. The number of hydrogen-bond acceptors (Lipinski definition) is 5. The normalized spacial score (nSPS) is 12.0. The average Bonchev–Trinajstić information content (AvgIpc) is 2.50. The summed E-state index contributed by atoms with van der Waals surface area (Å²) in [5.74, 6) is -0.163. The van der Waals surface area contributed by atoms with Gasteiger partial charge in [-0.25, -0.2) is 0 Å². The van der Waals surface area contributed by atoms with Crippen molar-refractivity contribution in [2.75, 3.05) is 13.2 Å². The Kier molecular flexibility index (Phi) is 5.12. The summed E-state index contributed by atoms with van der Waals surface area (Å²) in [6.07, 6.45) is -0.580. The Balaban J connectivity index is 2.35. The van der Waals surface area contributed by atoms with Crippen LogP contribution in [0.25, 0.3) is 10.8 Å². The maximum atomic E-state index is 12.2. The van der Waals surface area contributed by atoms with E-state index in [0.717, 1.165) is 10.8 Å². The van der Waals surface area contributed by atoms with Gasteiger partial charge in [-0.2, -0.15) is 0 Å². The summed E-state index contributed by atoms with van der Waals surface area (Å²) in [7, 11) is 0. The number of carbonyl (C=O) groups excluding carboxylic acids is 2. The van der Waals surface area contributed by atoms with Crippen LogP contribution in [-0.2, 0) is 9.53 Å². The minimum Gasteiger partial charge on any atom is -0.490 e. The molecule has 1 atom stereocenters. The van der Waals surface area contributed by atoms with Crippen molar-refractivity contribution in [3.63, 3.8) is 0 Å². The fourth-order valence-corrected chi connectivity index (χ4v) is 2.10. The monoisotopic (exact) mass is 302 g/mol. The molecule has 0 aliphatic heterocycles. The van der Waals surface area contributed by atoms with Gasteiger partial charge in [-0.3, -0.25) is 9.59 Å². The van der Waals surface area contributed by atoms with Gasteiger partial charge in [0.1, 0.15) is 12.4 Å². The Hall–Kier alpha value is -2.40. The Morgan fingerprint density at radius 2 is 1.82 bits per heavy atom. The summed E-state index contributed by atoms with van der Waals surface area (Å²) in [6.45, 7) is 2.79. The lowest BCUT2D eigenvalue weighted by Gasteiger charge is -2.13. The number of fused-ring (bicyclic) bond motifs is 1. The molecule has 0 aromatic heterocycles. The molecule has 0 fully saturated rings. The molecular formula is C17H18O5. The van der Waals surface area contributed by atoms with Gasteiger partial charge in [-0.1, -0.05) is 24.3 Å². The van der Waals surface area contributed by atoms with E-state index in [-0.39, 0.29) is 19.0 Å². The molecule has 0 aliphatic rings. The standard InChI is InChI=1S/C17H18O5/c1-11(18)9-22-17-8-7-14(16(20)10-21-12(2)19)13-5-3-4-6-15(13)17/h3-8,11,18H,9-10H2,1-2H3. The third kappa shape index (κ3) is 3.83. The molecule has 0 bridgehead atoms. The minimum absolute atomic E-state index is 0.171. The first-order valence-electron chi connectivity index (χ1n) is 6.98. The van der Waals surface area contributed by atoms with Crippen molar-refractivity contribution in [3.8, 4) is 5.75 Å². The van der Waals surface area contributed by atoms with Gasteiger partial charge in [-0.05, 0) is 24.4 Å². The summed E-state index contributed by atoms with van der Waals surface area (Å²) in [5.41, 5.74) is 0.473. The van der Waals surface area contributed by atoms with Crippen LogP contribution < -0.4 is 4.74 Å². The predicted molar refractivity (Wildman–Crippen MR) is 82.1 cm³/mol. The number of aliphatic hydroxyl groups is 1. The summed E-state index contributed by atoms with van der Waals surface area (Å²) >= 11 is 0. The van der Waals surface area contributed by atoms with Crippen molar-refractivity contribution in [3.05, 3.63) is 42.0 Å². The number of hydrogen-bond donors (Lipinski definition) is 1. The molecule has 2 aromatic carbocycles. The molecule has 2 aromatic rings. The molecule has 0 amide bonds. The molecule has 0 saturated heterocycles. The second-order valence-electron chi connectivity index (χ2n) is 5.02. The molecule has 1 unspecified atom stereocenters. The van der Waals surface area contributed by atoms with Crippen molar-refractivity contribution in [2.24, 2.45) is 0 Å². The second kappa shape index (κ2) is 7.04. The van der Waals surface area contributed by atoms with Crippen LogP contribution in [0, 0.1) is 0 Å². The van der Waals surface area contributed by atoms with Crippen molar-refractivity contribution in [2.45, 2.75) is 20.0 Å². The Morgan fingerprint density at radius 3 is 2.45 bits per heavy atom. The predicted octanol–water partition coefficient (Wildman–Crippen LogP) is 2.35. The zero-order valence-electron chi connectivity index (χ0n) is 12.5. The zero-order chi connectivity index (χ0) is 16.1. The largest absolute Gasteiger partial charge is 0.490 e. The van der Waals surface area contributed by atoms with Gasteiger partial charge in [0.25, 0.3) is 0 Å². The van der Waals surface area contributed by atoms with Gasteiger partial charge >= 0.3 is 5.97 Å².